The van der Waals surface area contributed by atoms with Crippen LogP contribution in [-0.4, -0.2) is 31.9 Å². The third-order valence-electron chi connectivity index (χ3n) is 5.05. The van der Waals surface area contributed by atoms with Gasteiger partial charge in [0.1, 0.15) is 5.82 Å². The Kier molecular flexibility index (Phi) is 3.75. The minimum atomic E-state index is -0.291. The molecule has 27 heavy (non-hydrogen) atoms. The van der Waals surface area contributed by atoms with Crippen molar-refractivity contribution in [3.05, 3.63) is 65.1 Å². The summed E-state index contributed by atoms with van der Waals surface area (Å²) >= 11 is 0. The molecule has 0 N–H and O–H groups in total. The highest BCUT2D eigenvalue weighted by Crippen LogP contribution is 2.25. The average Bonchev–Trinajstić information content (AvgIpc) is 3.34. The molecule has 5 rings (SSSR count). The number of benzene rings is 1. The molecule has 6 nitrogen and oxygen atoms in total. The summed E-state index contributed by atoms with van der Waals surface area (Å²) in [6, 6.07) is 8.07. The molecule has 0 radical (unpaired) electrons. The van der Waals surface area contributed by atoms with E-state index in [1.165, 1.54) is 12.1 Å². The van der Waals surface area contributed by atoms with E-state index in [2.05, 4.69) is 10.1 Å². The predicted octanol–water partition coefficient (Wildman–Crippen LogP) is 3.03. The molecular weight excluding hydrogens is 347 g/mol. The van der Waals surface area contributed by atoms with Crippen LogP contribution in [0.15, 0.2) is 53.7 Å². The number of rotatable bonds is 3. The van der Waals surface area contributed by atoms with Crippen molar-refractivity contribution in [1.82, 2.24) is 19.2 Å². The third kappa shape index (κ3) is 2.71. The molecule has 1 aliphatic heterocycles. The molecule has 0 saturated carbocycles. The van der Waals surface area contributed by atoms with E-state index in [4.69, 9.17) is 4.74 Å². The molecule has 1 aromatic carbocycles. The Morgan fingerprint density at radius 3 is 2.81 bits per heavy atom. The molecule has 1 atom stereocenters. The number of pyridine rings is 1. The Morgan fingerprint density at radius 2 is 2.04 bits per heavy atom. The van der Waals surface area contributed by atoms with Crippen LogP contribution in [-0.2, 0) is 11.3 Å². The van der Waals surface area contributed by atoms with E-state index < -0.39 is 0 Å². The van der Waals surface area contributed by atoms with Gasteiger partial charge < -0.3 is 9.30 Å². The molecule has 3 aromatic heterocycles. The van der Waals surface area contributed by atoms with Crippen LogP contribution in [0.3, 0.4) is 0 Å². The summed E-state index contributed by atoms with van der Waals surface area (Å²) in [5, 5.41) is 4.92. The molecule has 0 amide bonds. The molecule has 1 unspecified atom stereocenters. The Labute approximate surface area is 153 Å². The van der Waals surface area contributed by atoms with Gasteiger partial charge in [-0.15, -0.1) is 0 Å². The van der Waals surface area contributed by atoms with Crippen LogP contribution in [0.25, 0.3) is 27.7 Å². The Bertz CT molecular complexity index is 1190. The summed E-state index contributed by atoms with van der Waals surface area (Å²) in [7, 11) is 0. The first-order valence-corrected chi connectivity index (χ1v) is 8.94. The Hall–Kier alpha value is -3.06. The summed E-state index contributed by atoms with van der Waals surface area (Å²) in [4.78, 5) is 17.3. The Balaban J connectivity index is 1.62. The van der Waals surface area contributed by atoms with Gasteiger partial charge >= 0.3 is 0 Å². The summed E-state index contributed by atoms with van der Waals surface area (Å²) in [5.74, 6) is -0.291. The predicted molar refractivity (Wildman–Crippen MR) is 99.1 cm³/mol. The zero-order chi connectivity index (χ0) is 18.4. The number of ether oxygens (including phenoxy) is 1. The van der Waals surface area contributed by atoms with Crippen LogP contribution < -0.4 is 5.56 Å². The highest BCUT2D eigenvalue weighted by Gasteiger charge is 2.18. The van der Waals surface area contributed by atoms with Crippen molar-refractivity contribution in [2.24, 2.45) is 0 Å². The first kappa shape index (κ1) is 16.1. The molecule has 136 valence electrons. The zero-order valence-corrected chi connectivity index (χ0v) is 14.5. The second-order valence-corrected chi connectivity index (χ2v) is 6.77. The maximum atomic E-state index is 13.2. The minimum Gasteiger partial charge on any atom is -0.376 e. The number of hydrogen-bond acceptors (Lipinski definition) is 4. The zero-order valence-electron chi connectivity index (χ0n) is 14.5. The topological polar surface area (TPSA) is 61.4 Å². The molecule has 4 heterocycles. The third-order valence-corrected chi connectivity index (χ3v) is 5.05. The van der Waals surface area contributed by atoms with Crippen molar-refractivity contribution >= 4 is 16.6 Å². The van der Waals surface area contributed by atoms with E-state index in [0.717, 1.165) is 30.6 Å². The number of hydrogen-bond donors (Lipinski definition) is 0. The summed E-state index contributed by atoms with van der Waals surface area (Å²) < 4.78 is 22.2. The van der Waals surface area contributed by atoms with Gasteiger partial charge in [0.2, 0.25) is 0 Å². The van der Waals surface area contributed by atoms with Gasteiger partial charge in [-0.2, -0.15) is 5.10 Å². The lowest BCUT2D eigenvalue weighted by atomic mass is 10.1. The molecule has 4 aromatic rings. The van der Waals surface area contributed by atoms with Crippen LogP contribution in [0.2, 0.25) is 0 Å². The van der Waals surface area contributed by atoms with Gasteiger partial charge in [0.25, 0.3) is 5.56 Å². The summed E-state index contributed by atoms with van der Waals surface area (Å²) in [6.07, 6.45) is 7.16. The first-order valence-electron chi connectivity index (χ1n) is 8.94. The molecular formula is C20H17FN4O2. The second kappa shape index (κ2) is 6.28. The quantitative estimate of drug-likeness (QED) is 0.561. The lowest BCUT2D eigenvalue weighted by molar-refractivity contribution is 0.0963. The van der Waals surface area contributed by atoms with Gasteiger partial charge in [0.05, 0.1) is 29.7 Å². The molecule has 0 spiro atoms. The molecule has 0 aliphatic carbocycles. The smallest absolute Gasteiger partial charge is 0.261 e. The lowest BCUT2D eigenvalue weighted by Gasteiger charge is -2.12. The SMILES string of the molecule is O=c1c2cnc3c(-c4ccc(F)cc4)cnn3c2ccn1CC1CCCO1. The van der Waals surface area contributed by atoms with E-state index in [-0.39, 0.29) is 17.5 Å². The van der Waals surface area contributed by atoms with E-state index in [0.29, 0.717) is 23.1 Å². The van der Waals surface area contributed by atoms with Gasteiger partial charge in [-0.25, -0.2) is 13.9 Å². The van der Waals surface area contributed by atoms with Crippen LogP contribution in [0, 0.1) is 5.82 Å². The molecule has 1 fully saturated rings. The van der Waals surface area contributed by atoms with Crippen LogP contribution in [0.1, 0.15) is 12.8 Å². The van der Waals surface area contributed by atoms with Crippen molar-refractivity contribution in [1.29, 1.82) is 0 Å². The van der Waals surface area contributed by atoms with Crippen molar-refractivity contribution in [3.63, 3.8) is 0 Å². The highest BCUT2D eigenvalue weighted by molar-refractivity contribution is 5.84. The van der Waals surface area contributed by atoms with Crippen LogP contribution in [0.4, 0.5) is 4.39 Å². The highest BCUT2D eigenvalue weighted by atomic mass is 19.1. The van der Waals surface area contributed by atoms with Crippen LogP contribution in [0.5, 0.6) is 0 Å². The monoisotopic (exact) mass is 364 g/mol. The van der Waals surface area contributed by atoms with Gasteiger partial charge in [-0.3, -0.25) is 4.79 Å². The summed E-state index contributed by atoms with van der Waals surface area (Å²) in [6.45, 7) is 1.31. The minimum absolute atomic E-state index is 0.0895. The van der Waals surface area contributed by atoms with Gasteiger partial charge in [0.15, 0.2) is 5.65 Å². The van der Waals surface area contributed by atoms with Crippen LogP contribution >= 0.6 is 0 Å². The normalized spacial score (nSPS) is 17.1. The largest absolute Gasteiger partial charge is 0.376 e. The maximum absolute atomic E-state index is 13.2. The maximum Gasteiger partial charge on any atom is 0.261 e. The van der Waals surface area contributed by atoms with E-state index in [1.54, 1.807) is 39.8 Å². The van der Waals surface area contributed by atoms with Crippen molar-refractivity contribution in [3.8, 4) is 11.1 Å². The number of fused-ring (bicyclic) bond motifs is 3. The fourth-order valence-corrected chi connectivity index (χ4v) is 3.64. The van der Waals surface area contributed by atoms with Gasteiger partial charge in [0, 0.05) is 24.6 Å². The van der Waals surface area contributed by atoms with Crippen molar-refractivity contribution in [2.75, 3.05) is 6.61 Å². The number of aromatic nitrogens is 4. The molecule has 1 aliphatic rings. The fraction of sp³-hybridized carbons (Fsp3) is 0.250. The number of halogens is 1. The average molecular weight is 364 g/mol. The first-order chi connectivity index (χ1) is 13.2. The van der Waals surface area contributed by atoms with Gasteiger partial charge in [-0.05, 0) is 36.6 Å². The summed E-state index contributed by atoms with van der Waals surface area (Å²) in [5.41, 5.74) is 2.84. The Morgan fingerprint density at radius 1 is 1.19 bits per heavy atom. The van der Waals surface area contributed by atoms with Crippen molar-refractivity contribution < 1.29 is 9.13 Å². The fourth-order valence-electron chi connectivity index (χ4n) is 3.64. The standard InChI is InChI=1S/C20H17FN4O2/c21-14-5-3-13(4-6-14)16-11-23-25-18-7-8-24(12-15-2-1-9-27-15)20(26)17(18)10-22-19(16)25/h3-8,10-11,15H,1-2,9,12H2. The van der Waals surface area contributed by atoms with Crippen molar-refractivity contribution in [2.45, 2.75) is 25.5 Å². The van der Waals surface area contributed by atoms with E-state index >= 15 is 0 Å². The van der Waals surface area contributed by atoms with E-state index in [1.807, 2.05) is 6.07 Å². The lowest BCUT2D eigenvalue weighted by Crippen LogP contribution is -2.26. The van der Waals surface area contributed by atoms with E-state index in [9.17, 15) is 9.18 Å². The second-order valence-electron chi connectivity index (χ2n) is 6.77. The number of nitrogens with zero attached hydrogens (tertiary/aromatic N) is 4. The molecule has 7 heteroatoms. The van der Waals surface area contributed by atoms with Gasteiger partial charge in [-0.1, -0.05) is 12.1 Å². The molecule has 1 saturated heterocycles. The molecule has 0 bridgehead atoms.